The van der Waals surface area contributed by atoms with E-state index in [1.54, 1.807) is 33.5 Å². The van der Waals surface area contributed by atoms with Crippen molar-refractivity contribution < 1.29 is 19.1 Å². The van der Waals surface area contributed by atoms with Crippen LogP contribution in [0, 0.1) is 10.1 Å². The molecule has 0 saturated carbocycles. The molecule has 2 aromatic rings. The molecule has 128 valence electrons. The fourth-order valence-corrected chi connectivity index (χ4v) is 2.38. The number of nitro groups is 1. The third kappa shape index (κ3) is 3.94. The largest absolute Gasteiger partial charge is 0.493 e. The van der Waals surface area contributed by atoms with E-state index in [2.05, 4.69) is 5.32 Å². The molecule has 24 heavy (non-hydrogen) atoms. The van der Waals surface area contributed by atoms with Gasteiger partial charge in [0.2, 0.25) is 5.75 Å². The molecule has 0 radical (unpaired) electrons. The van der Waals surface area contributed by atoms with Gasteiger partial charge in [-0.2, -0.15) is 0 Å². The van der Waals surface area contributed by atoms with E-state index in [1.807, 2.05) is 12.1 Å². The Kier molecular flexibility index (Phi) is 5.97. The van der Waals surface area contributed by atoms with E-state index in [9.17, 15) is 10.1 Å². The van der Waals surface area contributed by atoms with Crippen molar-refractivity contribution in [3.63, 3.8) is 0 Å². The summed E-state index contributed by atoms with van der Waals surface area (Å²) in [5.74, 6) is 1.77. The quantitative estimate of drug-likeness (QED) is 0.591. The molecule has 0 unspecified atom stereocenters. The van der Waals surface area contributed by atoms with E-state index in [4.69, 9.17) is 14.2 Å². The van der Waals surface area contributed by atoms with Gasteiger partial charge < -0.3 is 19.5 Å². The minimum absolute atomic E-state index is 0.0836. The molecule has 0 saturated heterocycles. The smallest absolute Gasteiger partial charge is 0.269 e. The van der Waals surface area contributed by atoms with Crippen LogP contribution in [0.3, 0.4) is 0 Å². The molecule has 0 amide bonds. The van der Waals surface area contributed by atoms with E-state index in [0.29, 0.717) is 30.3 Å². The zero-order valence-electron chi connectivity index (χ0n) is 13.9. The van der Waals surface area contributed by atoms with Crippen LogP contribution in [-0.4, -0.2) is 26.3 Å². The zero-order chi connectivity index (χ0) is 17.5. The second-order valence-corrected chi connectivity index (χ2v) is 5.02. The molecule has 0 aliphatic carbocycles. The van der Waals surface area contributed by atoms with Gasteiger partial charge >= 0.3 is 0 Å². The van der Waals surface area contributed by atoms with Crippen LogP contribution in [0.1, 0.15) is 11.1 Å². The van der Waals surface area contributed by atoms with Crippen molar-refractivity contribution in [2.45, 2.75) is 13.1 Å². The Hall–Kier alpha value is -2.80. The molecule has 0 fully saturated rings. The molecule has 7 heteroatoms. The minimum Gasteiger partial charge on any atom is -0.493 e. The van der Waals surface area contributed by atoms with Crippen molar-refractivity contribution in [3.8, 4) is 17.2 Å². The number of nitro benzene ring substituents is 1. The summed E-state index contributed by atoms with van der Waals surface area (Å²) in [7, 11) is 4.72. The van der Waals surface area contributed by atoms with Gasteiger partial charge in [-0.3, -0.25) is 10.1 Å². The highest BCUT2D eigenvalue weighted by molar-refractivity contribution is 5.55. The molecular formula is C17H20N2O5. The zero-order valence-corrected chi connectivity index (χ0v) is 13.9. The van der Waals surface area contributed by atoms with Crippen LogP contribution < -0.4 is 19.5 Å². The first kappa shape index (κ1) is 17.6. The highest BCUT2D eigenvalue weighted by atomic mass is 16.6. The third-order valence-electron chi connectivity index (χ3n) is 3.58. The van der Waals surface area contributed by atoms with Crippen LogP contribution >= 0.6 is 0 Å². The SMILES string of the molecule is COc1ccc(CNCc2ccc([N+](=O)[O-])cc2)c(OC)c1OC. The minimum atomic E-state index is -0.411. The Bertz CT molecular complexity index is 701. The summed E-state index contributed by atoms with van der Waals surface area (Å²) < 4.78 is 16.0. The van der Waals surface area contributed by atoms with Gasteiger partial charge in [0.05, 0.1) is 26.3 Å². The molecule has 0 aliphatic heterocycles. The lowest BCUT2D eigenvalue weighted by Gasteiger charge is -2.16. The van der Waals surface area contributed by atoms with Crippen molar-refractivity contribution >= 4 is 5.69 Å². The normalized spacial score (nSPS) is 10.3. The lowest BCUT2D eigenvalue weighted by atomic mass is 10.1. The first-order chi connectivity index (χ1) is 11.6. The monoisotopic (exact) mass is 332 g/mol. The molecule has 0 heterocycles. The van der Waals surface area contributed by atoms with Crippen molar-refractivity contribution in [3.05, 3.63) is 57.6 Å². The van der Waals surface area contributed by atoms with Gasteiger partial charge in [0, 0.05) is 30.8 Å². The number of nitrogens with zero attached hydrogens (tertiary/aromatic N) is 1. The Morgan fingerprint density at radius 2 is 1.58 bits per heavy atom. The predicted octanol–water partition coefficient (Wildman–Crippen LogP) is 2.91. The molecule has 7 nitrogen and oxygen atoms in total. The van der Waals surface area contributed by atoms with Crippen LogP contribution in [-0.2, 0) is 13.1 Å². The van der Waals surface area contributed by atoms with Gasteiger partial charge in [-0.25, -0.2) is 0 Å². The summed E-state index contributed by atoms with van der Waals surface area (Å²) in [5, 5.41) is 13.9. The Morgan fingerprint density at radius 1 is 0.917 bits per heavy atom. The van der Waals surface area contributed by atoms with Crippen LogP contribution in [0.15, 0.2) is 36.4 Å². The topological polar surface area (TPSA) is 82.9 Å². The first-order valence-electron chi connectivity index (χ1n) is 7.32. The summed E-state index contributed by atoms with van der Waals surface area (Å²) in [4.78, 5) is 10.2. The second-order valence-electron chi connectivity index (χ2n) is 5.02. The molecule has 0 bridgehead atoms. The molecular weight excluding hydrogens is 312 g/mol. The lowest BCUT2D eigenvalue weighted by Crippen LogP contribution is -2.13. The molecule has 0 aliphatic rings. The molecule has 0 atom stereocenters. The number of ether oxygens (including phenoxy) is 3. The second kappa shape index (κ2) is 8.16. The van der Waals surface area contributed by atoms with Gasteiger partial charge in [-0.1, -0.05) is 18.2 Å². The molecule has 2 rings (SSSR count). The van der Waals surface area contributed by atoms with Crippen molar-refractivity contribution in [2.24, 2.45) is 0 Å². The van der Waals surface area contributed by atoms with Crippen LogP contribution in [0.25, 0.3) is 0 Å². The maximum absolute atomic E-state index is 10.6. The first-order valence-corrected chi connectivity index (χ1v) is 7.32. The molecule has 0 aromatic heterocycles. The van der Waals surface area contributed by atoms with E-state index < -0.39 is 4.92 Å². The van der Waals surface area contributed by atoms with Gasteiger partial charge in [-0.05, 0) is 11.6 Å². The average molecular weight is 332 g/mol. The average Bonchev–Trinajstić information content (AvgIpc) is 2.61. The number of non-ortho nitro benzene ring substituents is 1. The Balaban J connectivity index is 2.05. The Labute approximate surface area is 140 Å². The van der Waals surface area contributed by atoms with Gasteiger partial charge in [0.1, 0.15) is 0 Å². The molecule has 0 spiro atoms. The van der Waals surface area contributed by atoms with Crippen LogP contribution in [0.2, 0.25) is 0 Å². The lowest BCUT2D eigenvalue weighted by molar-refractivity contribution is -0.384. The van der Waals surface area contributed by atoms with Gasteiger partial charge in [0.15, 0.2) is 11.5 Å². The maximum Gasteiger partial charge on any atom is 0.269 e. The Morgan fingerprint density at radius 3 is 2.12 bits per heavy atom. The fraction of sp³-hybridized carbons (Fsp3) is 0.294. The number of hydrogen-bond donors (Lipinski definition) is 1. The van der Waals surface area contributed by atoms with Crippen molar-refractivity contribution in [2.75, 3.05) is 21.3 Å². The number of methoxy groups -OCH3 is 3. The van der Waals surface area contributed by atoms with Gasteiger partial charge in [0.25, 0.3) is 5.69 Å². The number of benzene rings is 2. The molecule has 2 aromatic carbocycles. The van der Waals surface area contributed by atoms with Crippen molar-refractivity contribution in [1.29, 1.82) is 0 Å². The number of hydrogen-bond acceptors (Lipinski definition) is 6. The summed E-state index contributed by atoms with van der Waals surface area (Å²) in [6, 6.07) is 10.2. The standard InChI is InChI=1S/C17H20N2O5/c1-22-15-9-6-13(16(23-2)17(15)24-3)11-18-10-12-4-7-14(8-5-12)19(20)21/h4-9,18H,10-11H2,1-3H3. The third-order valence-corrected chi connectivity index (χ3v) is 3.58. The van der Waals surface area contributed by atoms with E-state index in [-0.39, 0.29) is 5.69 Å². The fourth-order valence-electron chi connectivity index (χ4n) is 2.38. The van der Waals surface area contributed by atoms with E-state index >= 15 is 0 Å². The van der Waals surface area contributed by atoms with E-state index in [0.717, 1.165) is 11.1 Å². The molecule has 1 N–H and O–H groups in total. The highest BCUT2D eigenvalue weighted by Crippen LogP contribution is 2.39. The van der Waals surface area contributed by atoms with Gasteiger partial charge in [-0.15, -0.1) is 0 Å². The van der Waals surface area contributed by atoms with Crippen LogP contribution in [0.5, 0.6) is 17.2 Å². The number of rotatable bonds is 8. The van der Waals surface area contributed by atoms with Crippen molar-refractivity contribution in [1.82, 2.24) is 5.32 Å². The predicted molar refractivity (Wildman–Crippen MR) is 89.7 cm³/mol. The summed E-state index contributed by atoms with van der Waals surface area (Å²) in [6.45, 7) is 1.13. The maximum atomic E-state index is 10.6. The summed E-state index contributed by atoms with van der Waals surface area (Å²) in [6.07, 6.45) is 0. The van der Waals surface area contributed by atoms with Crippen LogP contribution in [0.4, 0.5) is 5.69 Å². The number of nitrogens with one attached hydrogen (secondary N) is 1. The summed E-state index contributed by atoms with van der Waals surface area (Å²) >= 11 is 0. The van der Waals surface area contributed by atoms with E-state index in [1.165, 1.54) is 12.1 Å². The highest BCUT2D eigenvalue weighted by Gasteiger charge is 2.15. The summed E-state index contributed by atoms with van der Waals surface area (Å²) in [5.41, 5.74) is 1.97.